The largest absolute Gasteiger partial charge is 0.294 e. The van der Waals surface area contributed by atoms with E-state index >= 15 is 0 Å². The van der Waals surface area contributed by atoms with E-state index in [2.05, 4.69) is 19.1 Å². The van der Waals surface area contributed by atoms with Crippen LogP contribution in [0.25, 0.3) is 0 Å². The molecule has 0 aromatic rings. The minimum Gasteiger partial charge on any atom is -0.294 e. The first-order chi connectivity index (χ1) is 5.77. The fourth-order valence-corrected chi connectivity index (χ4v) is 2.90. The molecular weight excluding hydrogens is 148 g/mol. The molecule has 0 radical (unpaired) electrons. The van der Waals surface area contributed by atoms with Crippen LogP contribution in [0.2, 0.25) is 0 Å². The highest BCUT2D eigenvalue weighted by Gasteiger charge is 2.44. The van der Waals surface area contributed by atoms with Gasteiger partial charge in [0.25, 0.3) is 0 Å². The van der Waals surface area contributed by atoms with E-state index in [9.17, 15) is 4.79 Å². The molecule has 0 aromatic heterocycles. The highest BCUT2D eigenvalue weighted by Crippen LogP contribution is 2.50. The predicted molar refractivity (Wildman–Crippen MR) is 46.6 cm³/mol. The van der Waals surface area contributed by atoms with Gasteiger partial charge in [0.2, 0.25) is 0 Å². The summed E-state index contributed by atoms with van der Waals surface area (Å²) in [5.41, 5.74) is 2.66. The third-order valence-electron chi connectivity index (χ3n) is 3.49. The number of Topliss-reactive ketones (excluding diaryl/α,β-unsaturated/α-hetero) is 1. The maximum Gasteiger partial charge on any atom is 0.162 e. The summed E-state index contributed by atoms with van der Waals surface area (Å²) in [7, 11) is 0. The molecule has 1 heteroatoms. The zero-order valence-electron chi connectivity index (χ0n) is 7.21. The minimum atomic E-state index is 0.278. The maximum atomic E-state index is 11.7. The number of fused-ring (bicyclic) bond motifs is 4. The molecule has 0 N–H and O–H groups in total. The second kappa shape index (κ2) is 1.90. The molecule has 1 nitrogen and oxygen atoms in total. The van der Waals surface area contributed by atoms with Crippen molar-refractivity contribution < 1.29 is 4.79 Å². The zero-order chi connectivity index (χ0) is 8.29. The number of rotatable bonds is 0. The Balaban J connectivity index is 2.08. The van der Waals surface area contributed by atoms with Gasteiger partial charge < -0.3 is 0 Å². The third-order valence-corrected chi connectivity index (χ3v) is 3.49. The van der Waals surface area contributed by atoms with Crippen LogP contribution in [-0.2, 0) is 4.79 Å². The molecule has 0 heterocycles. The number of ketones is 1. The minimum absolute atomic E-state index is 0.278. The van der Waals surface area contributed by atoms with E-state index in [4.69, 9.17) is 0 Å². The second-order valence-corrected chi connectivity index (χ2v) is 4.24. The Hall–Kier alpha value is -0.850. The zero-order valence-corrected chi connectivity index (χ0v) is 7.21. The second-order valence-electron chi connectivity index (χ2n) is 4.24. The molecule has 0 amide bonds. The lowest BCUT2D eigenvalue weighted by Crippen LogP contribution is -2.10. The van der Waals surface area contributed by atoms with Gasteiger partial charge >= 0.3 is 0 Å². The molecule has 0 aliphatic heterocycles. The Morgan fingerprint density at radius 3 is 2.83 bits per heavy atom. The molecule has 0 unspecified atom stereocenters. The molecule has 0 aromatic carbocycles. The standard InChI is InChI=1S/C11H12O/c1-6-4-9-7-2-3-8(5-7)10(9)11(6)12/h2-3,6-8H,4-5H2,1H3/t6-,7+,8-/m1/s1. The van der Waals surface area contributed by atoms with Crippen LogP contribution in [0.4, 0.5) is 0 Å². The first-order valence-corrected chi connectivity index (χ1v) is 4.73. The van der Waals surface area contributed by atoms with E-state index in [-0.39, 0.29) is 5.92 Å². The van der Waals surface area contributed by atoms with Crippen LogP contribution in [0.1, 0.15) is 19.8 Å². The van der Waals surface area contributed by atoms with Gasteiger partial charge in [0.15, 0.2) is 5.78 Å². The van der Waals surface area contributed by atoms with Crippen LogP contribution in [0.15, 0.2) is 23.3 Å². The van der Waals surface area contributed by atoms with Gasteiger partial charge in [-0.25, -0.2) is 0 Å². The first kappa shape index (κ1) is 6.64. The van der Waals surface area contributed by atoms with Gasteiger partial charge in [0.1, 0.15) is 0 Å². The van der Waals surface area contributed by atoms with Crippen molar-refractivity contribution in [1.29, 1.82) is 0 Å². The quantitative estimate of drug-likeness (QED) is 0.496. The third kappa shape index (κ3) is 0.588. The van der Waals surface area contributed by atoms with E-state index in [0.29, 0.717) is 17.6 Å². The van der Waals surface area contributed by atoms with Gasteiger partial charge in [-0.3, -0.25) is 4.79 Å². The highest BCUT2D eigenvalue weighted by molar-refractivity contribution is 6.02. The van der Waals surface area contributed by atoms with Crippen molar-refractivity contribution in [2.75, 3.05) is 0 Å². The van der Waals surface area contributed by atoms with Gasteiger partial charge in [-0.2, -0.15) is 0 Å². The van der Waals surface area contributed by atoms with Crippen molar-refractivity contribution in [3.8, 4) is 0 Å². The summed E-state index contributed by atoms with van der Waals surface area (Å²) >= 11 is 0. The van der Waals surface area contributed by atoms with E-state index < -0.39 is 0 Å². The highest BCUT2D eigenvalue weighted by atomic mass is 16.1. The lowest BCUT2D eigenvalue weighted by molar-refractivity contribution is -0.118. The summed E-state index contributed by atoms with van der Waals surface area (Å²) in [5, 5.41) is 0. The fourth-order valence-electron chi connectivity index (χ4n) is 2.90. The van der Waals surface area contributed by atoms with Crippen LogP contribution >= 0.6 is 0 Å². The molecule has 3 rings (SSSR count). The molecule has 12 heavy (non-hydrogen) atoms. The number of hydrogen-bond donors (Lipinski definition) is 0. The Labute approximate surface area is 72.2 Å². The van der Waals surface area contributed by atoms with Gasteiger partial charge in [0.05, 0.1) is 0 Å². The lowest BCUT2D eigenvalue weighted by atomic mass is 9.96. The van der Waals surface area contributed by atoms with Crippen molar-refractivity contribution >= 4 is 5.78 Å². The molecule has 0 spiro atoms. The fraction of sp³-hybridized carbons (Fsp3) is 0.545. The molecule has 2 bridgehead atoms. The Morgan fingerprint density at radius 2 is 2.08 bits per heavy atom. The molecular formula is C11H12O. The van der Waals surface area contributed by atoms with Crippen molar-refractivity contribution in [2.45, 2.75) is 19.8 Å². The van der Waals surface area contributed by atoms with Crippen LogP contribution in [-0.4, -0.2) is 5.78 Å². The van der Waals surface area contributed by atoms with Crippen molar-refractivity contribution in [2.24, 2.45) is 17.8 Å². The Morgan fingerprint density at radius 1 is 1.33 bits per heavy atom. The van der Waals surface area contributed by atoms with E-state index in [1.54, 1.807) is 0 Å². The van der Waals surface area contributed by atoms with Crippen molar-refractivity contribution in [3.05, 3.63) is 23.3 Å². The molecule has 3 aliphatic rings. The van der Waals surface area contributed by atoms with Crippen molar-refractivity contribution in [3.63, 3.8) is 0 Å². The summed E-state index contributed by atoms with van der Waals surface area (Å²) < 4.78 is 0. The van der Waals surface area contributed by atoms with Crippen LogP contribution in [0.3, 0.4) is 0 Å². The topological polar surface area (TPSA) is 17.1 Å². The summed E-state index contributed by atoms with van der Waals surface area (Å²) in [6.45, 7) is 2.06. The summed E-state index contributed by atoms with van der Waals surface area (Å²) in [5.74, 6) is 1.85. The SMILES string of the molecule is C[C@@H]1CC2=C(C1=O)[C@@H]1C=C[C@H]2C1. The monoisotopic (exact) mass is 160 g/mol. The summed E-state index contributed by atoms with van der Waals surface area (Å²) in [6, 6.07) is 0. The average molecular weight is 160 g/mol. The molecule has 0 fully saturated rings. The van der Waals surface area contributed by atoms with Crippen molar-refractivity contribution in [1.82, 2.24) is 0 Å². The number of carbonyl (C=O) groups is 1. The average Bonchev–Trinajstić information content (AvgIpc) is 2.66. The van der Waals surface area contributed by atoms with Gasteiger partial charge in [-0.05, 0) is 18.8 Å². The number of hydrogen-bond acceptors (Lipinski definition) is 1. The molecule has 62 valence electrons. The Kier molecular flexibility index (Phi) is 1.05. The van der Waals surface area contributed by atoms with E-state index in [1.807, 2.05) is 0 Å². The first-order valence-electron chi connectivity index (χ1n) is 4.73. The van der Waals surface area contributed by atoms with Gasteiger partial charge in [-0.1, -0.05) is 24.6 Å². The Bertz CT molecular complexity index is 322. The van der Waals surface area contributed by atoms with Gasteiger partial charge in [-0.15, -0.1) is 0 Å². The number of allylic oxidation sites excluding steroid dienone is 4. The molecule has 3 aliphatic carbocycles. The van der Waals surface area contributed by atoms with Gasteiger partial charge in [0, 0.05) is 17.4 Å². The van der Waals surface area contributed by atoms with E-state index in [0.717, 1.165) is 6.42 Å². The summed E-state index contributed by atoms with van der Waals surface area (Å²) in [6.07, 6.45) is 6.75. The molecule has 0 saturated carbocycles. The lowest BCUT2D eigenvalue weighted by Gasteiger charge is -2.07. The molecule has 0 saturated heterocycles. The van der Waals surface area contributed by atoms with Crippen LogP contribution < -0.4 is 0 Å². The normalized spacial score (nSPS) is 43.1. The predicted octanol–water partition coefficient (Wildman–Crippen LogP) is 2.10. The molecule has 3 atom stereocenters. The van der Waals surface area contributed by atoms with Crippen LogP contribution in [0.5, 0.6) is 0 Å². The van der Waals surface area contributed by atoms with Crippen LogP contribution in [0, 0.1) is 17.8 Å². The van der Waals surface area contributed by atoms with E-state index in [1.165, 1.54) is 17.6 Å². The summed E-state index contributed by atoms with van der Waals surface area (Å²) in [4.78, 5) is 11.7. The smallest absolute Gasteiger partial charge is 0.162 e. The number of carbonyl (C=O) groups excluding carboxylic acids is 1. The maximum absolute atomic E-state index is 11.7.